The van der Waals surface area contributed by atoms with E-state index >= 15 is 0 Å². The van der Waals surface area contributed by atoms with Crippen LogP contribution in [-0.2, 0) is 0 Å². The molecule has 92 valence electrons. The standard InChI is InChI=1S/C17H18O/c1-14(13-18)12-17(15-8-4-2-5-9-15)16-10-6-3-7-11-16/h2-12,17-18H,13H2,1H3/b14-12-. The molecule has 0 aliphatic rings. The Kier molecular flexibility index (Phi) is 4.32. The minimum absolute atomic E-state index is 0.107. The number of rotatable bonds is 4. The molecule has 1 N–H and O–H groups in total. The zero-order chi connectivity index (χ0) is 12.8. The molecule has 0 heterocycles. The highest BCUT2D eigenvalue weighted by Gasteiger charge is 2.10. The second kappa shape index (κ2) is 6.18. The maximum absolute atomic E-state index is 9.21. The summed E-state index contributed by atoms with van der Waals surface area (Å²) >= 11 is 0. The average Bonchev–Trinajstić information content (AvgIpc) is 2.46. The summed E-state index contributed by atoms with van der Waals surface area (Å²) < 4.78 is 0. The molecule has 0 radical (unpaired) electrons. The number of aliphatic hydroxyl groups excluding tert-OH is 1. The van der Waals surface area contributed by atoms with Gasteiger partial charge in [0.25, 0.3) is 0 Å². The lowest BCUT2D eigenvalue weighted by Gasteiger charge is -2.15. The highest BCUT2D eigenvalue weighted by molar-refractivity contribution is 5.37. The average molecular weight is 238 g/mol. The second-order valence-electron chi connectivity index (χ2n) is 4.47. The van der Waals surface area contributed by atoms with Crippen molar-refractivity contribution in [1.29, 1.82) is 0 Å². The van der Waals surface area contributed by atoms with Crippen LogP contribution in [0.1, 0.15) is 24.0 Å². The van der Waals surface area contributed by atoms with E-state index in [1.54, 1.807) is 0 Å². The summed E-state index contributed by atoms with van der Waals surface area (Å²) in [5.41, 5.74) is 3.49. The highest BCUT2D eigenvalue weighted by atomic mass is 16.3. The van der Waals surface area contributed by atoms with Gasteiger partial charge >= 0.3 is 0 Å². The number of benzene rings is 2. The SMILES string of the molecule is C/C(=C/C(c1ccccc1)c1ccccc1)CO. The van der Waals surface area contributed by atoms with Crippen LogP contribution in [0.3, 0.4) is 0 Å². The molecule has 0 aliphatic heterocycles. The van der Waals surface area contributed by atoms with Crippen LogP contribution in [-0.4, -0.2) is 11.7 Å². The van der Waals surface area contributed by atoms with E-state index in [4.69, 9.17) is 0 Å². The monoisotopic (exact) mass is 238 g/mol. The highest BCUT2D eigenvalue weighted by Crippen LogP contribution is 2.26. The molecule has 0 aliphatic carbocycles. The lowest BCUT2D eigenvalue weighted by Crippen LogP contribution is -1.99. The molecule has 18 heavy (non-hydrogen) atoms. The second-order valence-corrected chi connectivity index (χ2v) is 4.47. The molecule has 1 heteroatoms. The molecule has 0 fully saturated rings. The van der Waals surface area contributed by atoms with Crippen LogP contribution in [0, 0.1) is 0 Å². The van der Waals surface area contributed by atoms with Gasteiger partial charge in [0.05, 0.1) is 6.61 Å². The van der Waals surface area contributed by atoms with Crippen molar-refractivity contribution in [1.82, 2.24) is 0 Å². The summed E-state index contributed by atoms with van der Waals surface area (Å²) in [5, 5.41) is 9.21. The van der Waals surface area contributed by atoms with Gasteiger partial charge in [-0.3, -0.25) is 0 Å². The molecule has 0 aromatic heterocycles. The van der Waals surface area contributed by atoms with Gasteiger partial charge < -0.3 is 5.11 Å². The van der Waals surface area contributed by atoms with E-state index in [9.17, 15) is 5.11 Å². The fraction of sp³-hybridized carbons (Fsp3) is 0.176. The Morgan fingerprint density at radius 3 is 1.78 bits per heavy atom. The summed E-state index contributed by atoms with van der Waals surface area (Å²) in [4.78, 5) is 0. The van der Waals surface area contributed by atoms with Crippen LogP contribution in [0.15, 0.2) is 72.3 Å². The van der Waals surface area contributed by atoms with Crippen LogP contribution >= 0.6 is 0 Å². The predicted molar refractivity (Wildman–Crippen MR) is 75.6 cm³/mol. The van der Waals surface area contributed by atoms with E-state index in [0.717, 1.165) is 5.57 Å². The van der Waals surface area contributed by atoms with Gasteiger partial charge in [-0.05, 0) is 18.1 Å². The van der Waals surface area contributed by atoms with Crippen molar-refractivity contribution in [3.8, 4) is 0 Å². The first-order valence-corrected chi connectivity index (χ1v) is 6.19. The van der Waals surface area contributed by atoms with Gasteiger partial charge in [-0.1, -0.05) is 72.3 Å². The lowest BCUT2D eigenvalue weighted by atomic mass is 9.90. The topological polar surface area (TPSA) is 20.2 Å². The molecule has 2 rings (SSSR count). The van der Waals surface area contributed by atoms with E-state index in [1.165, 1.54) is 11.1 Å². The molecule has 0 saturated carbocycles. The maximum atomic E-state index is 9.21. The van der Waals surface area contributed by atoms with Gasteiger partial charge in [0.15, 0.2) is 0 Å². The summed E-state index contributed by atoms with van der Waals surface area (Å²) in [6.45, 7) is 2.06. The van der Waals surface area contributed by atoms with Crippen molar-refractivity contribution in [2.45, 2.75) is 12.8 Å². The van der Waals surface area contributed by atoms with Gasteiger partial charge in [-0.2, -0.15) is 0 Å². The Hall–Kier alpha value is -1.86. The third-order valence-electron chi connectivity index (χ3n) is 3.02. The molecule has 0 amide bonds. The Bertz CT molecular complexity index is 460. The third kappa shape index (κ3) is 3.08. The minimum Gasteiger partial charge on any atom is -0.392 e. The number of allylic oxidation sites excluding steroid dienone is 1. The summed E-state index contributed by atoms with van der Waals surface area (Å²) in [5.74, 6) is 0.208. The van der Waals surface area contributed by atoms with Gasteiger partial charge in [0.1, 0.15) is 0 Å². The molecule has 0 saturated heterocycles. The van der Waals surface area contributed by atoms with E-state index in [1.807, 2.05) is 43.3 Å². The van der Waals surface area contributed by atoms with Crippen LogP contribution in [0.2, 0.25) is 0 Å². The number of hydrogen-bond donors (Lipinski definition) is 1. The van der Waals surface area contributed by atoms with Crippen molar-refractivity contribution in [2.24, 2.45) is 0 Å². The molecule has 0 spiro atoms. The smallest absolute Gasteiger partial charge is 0.0639 e. The Morgan fingerprint density at radius 1 is 0.944 bits per heavy atom. The van der Waals surface area contributed by atoms with Crippen molar-refractivity contribution >= 4 is 0 Å². The largest absolute Gasteiger partial charge is 0.392 e. The molecule has 0 atom stereocenters. The first-order valence-electron chi connectivity index (χ1n) is 6.19. The van der Waals surface area contributed by atoms with Gasteiger partial charge in [0, 0.05) is 5.92 Å². The quantitative estimate of drug-likeness (QED) is 0.804. The molecule has 2 aromatic carbocycles. The summed E-state index contributed by atoms with van der Waals surface area (Å²) in [6, 6.07) is 20.7. The number of aliphatic hydroxyl groups is 1. The fourth-order valence-corrected chi connectivity index (χ4v) is 2.04. The van der Waals surface area contributed by atoms with Crippen molar-refractivity contribution < 1.29 is 5.11 Å². The van der Waals surface area contributed by atoms with Crippen LogP contribution < -0.4 is 0 Å². The Balaban J connectivity index is 2.42. The lowest BCUT2D eigenvalue weighted by molar-refractivity contribution is 0.331. The normalized spacial score (nSPS) is 11.8. The third-order valence-corrected chi connectivity index (χ3v) is 3.02. The minimum atomic E-state index is 0.107. The van der Waals surface area contributed by atoms with E-state index in [0.29, 0.717) is 0 Å². The molecule has 0 unspecified atom stereocenters. The van der Waals surface area contributed by atoms with Crippen LogP contribution in [0.25, 0.3) is 0 Å². The zero-order valence-corrected chi connectivity index (χ0v) is 10.6. The summed E-state index contributed by atoms with van der Waals surface area (Å²) in [6.07, 6.45) is 2.13. The van der Waals surface area contributed by atoms with Crippen molar-refractivity contribution in [3.63, 3.8) is 0 Å². The van der Waals surface area contributed by atoms with Gasteiger partial charge in [0.2, 0.25) is 0 Å². The van der Waals surface area contributed by atoms with Gasteiger partial charge in [-0.15, -0.1) is 0 Å². The summed E-state index contributed by atoms with van der Waals surface area (Å²) in [7, 11) is 0. The Labute approximate surface area is 108 Å². The van der Waals surface area contributed by atoms with Crippen LogP contribution in [0.5, 0.6) is 0 Å². The number of hydrogen-bond acceptors (Lipinski definition) is 1. The Morgan fingerprint density at radius 2 is 1.39 bits per heavy atom. The molecular formula is C17H18O. The fourth-order valence-electron chi connectivity index (χ4n) is 2.04. The van der Waals surface area contributed by atoms with Crippen molar-refractivity contribution in [2.75, 3.05) is 6.61 Å². The van der Waals surface area contributed by atoms with Crippen molar-refractivity contribution in [3.05, 3.63) is 83.4 Å². The molecule has 1 nitrogen and oxygen atoms in total. The first-order chi connectivity index (χ1) is 8.81. The van der Waals surface area contributed by atoms with E-state index < -0.39 is 0 Å². The first kappa shape index (κ1) is 12.6. The zero-order valence-electron chi connectivity index (χ0n) is 10.6. The predicted octanol–water partition coefficient (Wildman–Crippen LogP) is 3.76. The van der Waals surface area contributed by atoms with E-state index in [-0.39, 0.29) is 12.5 Å². The molecule has 2 aromatic rings. The van der Waals surface area contributed by atoms with E-state index in [2.05, 4.69) is 30.3 Å². The molecule has 0 bridgehead atoms. The molecular weight excluding hydrogens is 220 g/mol. The van der Waals surface area contributed by atoms with Crippen LogP contribution in [0.4, 0.5) is 0 Å². The maximum Gasteiger partial charge on any atom is 0.0639 e. The van der Waals surface area contributed by atoms with Gasteiger partial charge in [-0.25, -0.2) is 0 Å².